The number of nitrogens with one attached hydrogen (secondary N) is 1. The second-order valence-corrected chi connectivity index (χ2v) is 6.26. The molecule has 1 heterocycles. The molecule has 1 atom stereocenters. The van der Waals surface area contributed by atoms with Crippen LogP contribution in [0.3, 0.4) is 0 Å². The van der Waals surface area contributed by atoms with Crippen molar-refractivity contribution in [1.82, 2.24) is 4.90 Å². The zero-order valence-corrected chi connectivity index (χ0v) is 14.9. The highest BCUT2D eigenvalue weighted by Crippen LogP contribution is 2.27. The van der Waals surface area contributed by atoms with Crippen molar-refractivity contribution in [2.45, 2.75) is 12.6 Å². The number of carbonyl (C=O) groups excluding carboxylic acids is 1. The SMILES string of the molecule is O=C(O)C1COCCN1C(=O)c1ccc(NCc2ccccc2)c([N+](=O)[O-])c1. The van der Waals surface area contributed by atoms with E-state index in [1.54, 1.807) is 0 Å². The van der Waals surface area contributed by atoms with Gasteiger partial charge in [0.05, 0.1) is 18.1 Å². The molecule has 1 amide bonds. The maximum Gasteiger partial charge on any atom is 0.328 e. The van der Waals surface area contributed by atoms with E-state index in [1.807, 2.05) is 30.3 Å². The molecule has 1 aliphatic heterocycles. The summed E-state index contributed by atoms with van der Waals surface area (Å²) >= 11 is 0. The minimum Gasteiger partial charge on any atom is -0.480 e. The molecule has 9 heteroatoms. The number of anilines is 1. The van der Waals surface area contributed by atoms with Gasteiger partial charge >= 0.3 is 5.97 Å². The van der Waals surface area contributed by atoms with Crippen molar-refractivity contribution in [1.29, 1.82) is 0 Å². The van der Waals surface area contributed by atoms with Crippen LogP contribution in [0.15, 0.2) is 48.5 Å². The highest BCUT2D eigenvalue weighted by Gasteiger charge is 2.34. The summed E-state index contributed by atoms with van der Waals surface area (Å²) in [4.78, 5) is 36.2. The lowest BCUT2D eigenvalue weighted by Gasteiger charge is -2.32. The van der Waals surface area contributed by atoms with Crippen LogP contribution in [-0.2, 0) is 16.1 Å². The molecule has 0 radical (unpaired) electrons. The number of ether oxygens (including phenoxy) is 1. The second kappa shape index (κ2) is 8.49. The minimum absolute atomic E-state index is 0.0603. The number of hydrogen-bond acceptors (Lipinski definition) is 6. The van der Waals surface area contributed by atoms with E-state index >= 15 is 0 Å². The number of rotatable bonds is 6. The first-order valence-corrected chi connectivity index (χ1v) is 8.65. The van der Waals surface area contributed by atoms with Gasteiger partial charge in [-0.25, -0.2) is 4.79 Å². The van der Waals surface area contributed by atoms with Gasteiger partial charge in [-0.2, -0.15) is 0 Å². The first-order chi connectivity index (χ1) is 13.5. The molecule has 3 rings (SSSR count). The standard InChI is InChI=1S/C19H19N3O6/c23-18(21-8-9-28-12-17(21)19(24)25)14-6-7-15(16(10-14)22(26)27)20-11-13-4-2-1-3-5-13/h1-7,10,17,20H,8-9,11-12H2,(H,24,25). The Balaban J connectivity index is 1.82. The van der Waals surface area contributed by atoms with Gasteiger partial charge in [-0.3, -0.25) is 14.9 Å². The number of aliphatic carboxylic acids is 1. The summed E-state index contributed by atoms with van der Waals surface area (Å²) < 4.78 is 5.12. The number of hydrogen-bond donors (Lipinski definition) is 2. The Bertz CT molecular complexity index is 886. The zero-order valence-electron chi connectivity index (χ0n) is 14.9. The van der Waals surface area contributed by atoms with Crippen molar-refractivity contribution < 1.29 is 24.4 Å². The molecule has 2 aromatic rings. The number of nitrogens with zero attached hydrogens (tertiary/aromatic N) is 2. The molecule has 1 fully saturated rings. The van der Waals surface area contributed by atoms with Crippen LogP contribution in [0.1, 0.15) is 15.9 Å². The van der Waals surface area contributed by atoms with E-state index in [0.29, 0.717) is 6.54 Å². The molecule has 0 aliphatic carbocycles. The number of nitro benzene ring substituents is 1. The van der Waals surface area contributed by atoms with Crippen LogP contribution in [0.4, 0.5) is 11.4 Å². The smallest absolute Gasteiger partial charge is 0.328 e. The first-order valence-electron chi connectivity index (χ1n) is 8.65. The summed E-state index contributed by atoms with van der Waals surface area (Å²) in [5.74, 6) is -1.75. The Labute approximate surface area is 160 Å². The van der Waals surface area contributed by atoms with Crippen molar-refractivity contribution >= 4 is 23.3 Å². The third-order valence-corrected chi connectivity index (χ3v) is 4.44. The van der Waals surface area contributed by atoms with Crippen molar-refractivity contribution in [3.63, 3.8) is 0 Å². The second-order valence-electron chi connectivity index (χ2n) is 6.26. The largest absolute Gasteiger partial charge is 0.480 e. The van der Waals surface area contributed by atoms with Gasteiger partial charge in [0.25, 0.3) is 11.6 Å². The molecule has 0 saturated carbocycles. The summed E-state index contributed by atoms with van der Waals surface area (Å²) in [7, 11) is 0. The number of carboxylic acid groups (broad SMARTS) is 1. The van der Waals surface area contributed by atoms with Gasteiger partial charge in [0, 0.05) is 24.7 Å². The van der Waals surface area contributed by atoms with E-state index in [0.717, 1.165) is 5.56 Å². The molecule has 28 heavy (non-hydrogen) atoms. The lowest BCUT2D eigenvalue weighted by Crippen LogP contribution is -2.52. The van der Waals surface area contributed by atoms with Crippen LogP contribution in [0.5, 0.6) is 0 Å². The van der Waals surface area contributed by atoms with Gasteiger partial charge in [0.1, 0.15) is 5.69 Å². The fraction of sp³-hybridized carbons (Fsp3) is 0.263. The van der Waals surface area contributed by atoms with Gasteiger partial charge < -0.3 is 20.1 Å². The Morgan fingerprint density at radius 3 is 2.68 bits per heavy atom. The molecule has 1 aliphatic rings. The fourth-order valence-corrected chi connectivity index (χ4v) is 2.98. The summed E-state index contributed by atoms with van der Waals surface area (Å²) in [6.07, 6.45) is 0. The molecule has 1 saturated heterocycles. The van der Waals surface area contributed by atoms with Crippen LogP contribution in [0.2, 0.25) is 0 Å². The molecule has 2 aromatic carbocycles. The first kappa shape index (κ1) is 19.3. The van der Waals surface area contributed by atoms with E-state index in [4.69, 9.17) is 4.74 Å². The Hall–Kier alpha value is -3.46. The topological polar surface area (TPSA) is 122 Å². The van der Waals surface area contributed by atoms with E-state index in [1.165, 1.54) is 23.1 Å². The predicted octanol–water partition coefficient (Wildman–Crippen LogP) is 2.13. The van der Waals surface area contributed by atoms with E-state index in [-0.39, 0.29) is 36.7 Å². The molecule has 0 spiro atoms. The van der Waals surface area contributed by atoms with Gasteiger partial charge in [0.2, 0.25) is 0 Å². The third kappa shape index (κ3) is 4.26. The predicted molar refractivity (Wildman–Crippen MR) is 100 cm³/mol. The summed E-state index contributed by atoms with van der Waals surface area (Å²) in [6, 6.07) is 12.4. The van der Waals surface area contributed by atoms with Gasteiger partial charge in [0.15, 0.2) is 6.04 Å². The maximum atomic E-state index is 12.7. The van der Waals surface area contributed by atoms with Crippen molar-refractivity contribution in [2.24, 2.45) is 0 Å². The molecule has 9 nitrogen and oxygen atoms in total. The number of amides is 1. The highest BCUT2D eigenvalue weighted by molar-refractivity contribution is 5.98. The molecule has 0 bridgehead atoms. The monoisotopic (exact) mass is 385 g/mol. The molecule has 1 unspecified atom stereocenters. The lowest BCUT2D eigenvalue weighted by molar-refractivity contribution is -0.384. The number of carbonyl (C=O) groups is 2. The van der Waals surface area contributed by atoms with Crippen molar-refractivity contribution in [3.05, 3.63) is 69.8 Å². The van der Waals surface area contributed by atoms with E-state index in [2.05, 4.69) is 5.32 Å². The normalized spacial score (nSPS) is 16.4. The maximum absolute atomic E-state index is 12.7. The van der Waals surface area contributed by atoms with Crippen molar-refractivity contribution in [2.75, 3.05) is 25.1 Å². The number of benzene rings is 2. The average Bonchev–Trinajstić information content (AvgIpc) is 2.72. The zero-order chi connectivity index (χ0) is 20.1. The molecular weight excluding hydrogens is 366 g/mol. The molecule has 146 valence electrons. The van der Waals surface area contributed by atoms with E-state index in [9.17, 15) is 24.8 Å². The van der Waals surface area contributed by atoms with Crippen molar-refractivity contribution in [3.8, 4) is 0 Å². The highest BCUT2D eigenvalue weighted by atomic mass is 16.6. The van der Waals surface area contributed by atoms with Gasteiger partial charge in [-0.05, 0) is 17.7 Å². The number of carboxylic acids is 1. The summed E-state index contributed by atoms with van der Waals surface area (Å²) in [5.41, 5.74) is 1.05. The fourth-order valence-electron chi connectivity index (χ4n) is 2.98. The number of nitro groups is 1. The summed E-state index contributed by atoms with van der Waals surface area (Å²) in [6.45, 7) is 0.603. The Morgan fingerprint density at radius 2 is 2.00 bits per heavy atom. The number of morpholine rings is 1. The van der Waals surface area contributed by atoms with Gasteiger partial charge in [-0.1, -0.05) is 30.3 Å². The van der Waals surface area contributed by atoms with Gasteiger partial charge in [-0.15, -0.1) is 0 Å². The van der Waals surface area contributed by atoms with Crippen LogP contribution < -0.4 is 5.32 Å². The van der Waals surface area contributed by atoms with Crippen LogP contribution in [0, 0.1) is 10.1 Å². The minimum atomic E-state index is -1.18. The molecule has 0 aromatic heterocycles. The van der Waals surface area contributed by atoms with Crippen LogP contribution in [0.25, 0.3) is 0 Å². The molecular formula is C19H19N3O6. The van der Waals surface area contributed by atoms with Crippen LogP contribution >= 0.6 is 0 Å². The van der Waals surface area contributed by atoms with Crippen LogP contribution in [-0.4, -0.2) is 52.6 Å². The lowest BCUT2D eigenvalue weighted by atomic mass is 10.1. The average molecular weight is 385 g/mol. The Kier molecular flexibility index (Phi) is 5.85. The third-order valence-electron chi connectivity index (χ3n) is 4.44. The Morgan fingerprint density at radius 1 is 1.25 bits per heavy atom. The quantitative estimate of drug-likeness (QED) is 0.577. The summed E-state index contributed by atoms with van der Waals surface area (Å²) in [5, 5.41) is 23.8. The molecule has 2 N–H and O–H groups in total. The van der Waals surface area contributed by atoms with E-state index < -0.39 is 22.8 Å².